The fourth-order valence-corrected chi connectivity index (χ4v) is 1.52. The SMILES string of the molecule is CN1CCC=C(c2ncccn2)C1. The van der Waals surface area contributed by atoms with Crippen molar-refractivity contribution in [3.8, 4) is 0 Å². The standard InChI is InChI=1S/C10H13N3/c1-13-7-2-4-9(8-13)10-11-5-3-6-12-10/h3-6H,2,7-8H2,1H3. The van der Waals surface area contributed by atoms with E-state index in [1.165, 1.54) is 5.57 Å². The highest BCUT2D eigenvalue weighted by molar-refractivity contribution is 5.61. The maximum Gasteiger partial charge on any atom is 0.155 e. The molecule has 0 bridgehead atoms. The fourth-order valence-electron chi connectivity index (χ4n) is 1.52. The molecule has 0 aliphatic carbocycles. The van der Waals surface area contributed by atoms with Gasteiger partial charge in [0.2, 0.25) is 0 Å². The van der Waals surface area contributed by atoms with Crippen LogP contribution in [0.2, 0.25) is 0 Å². The van der Waals surface area contributed by atoms with Crippen LogP contribution in [0, 0.1) is 0 Å². The summed E-state index contributed by atoms with van der Waals surface area (Å²) in [5.41, 5.74) is 1.24. The molecule has 0 N–H and O–H groups in total. The molecule has 1 aliphatic heterocycles. The van der Waals surface area contributed by atoms with Gasteiger partial charge < -0.3 is 4.90 Å². The van der Waals surface area contributed by atoms with Gasteiger partial charge in [-0.1, -0.05) is 6.08 Å². The number of rotatable bonds is 1. The summed E-state index contributed by atoms with van der Waals surface area (Å²) < 4.78 is 0. The van der Waals surface area contributed by atoms with E-state index >= 15 is 0 Å². The monoisotopic (exact) mass is 175 g/mol. The van der Waals surface area contributed by atoms with Crippen LogP contribution in [0.5, 0.6) is 0 Å². The summed E-state index contributed by atoms with van der Waals surface area (Å²) in [6.45, 7) is 2.10. The van der Waals surface area contributed by atoms with E-state index in [0.717, 1.165) is 25.3 Å². The second kappa shape index (κ2) is 3.66. The summed E-state index contributed by atoms with van der Waals surface area (Å²) in [6.07, 6.45) is 6.91. The quantitative estimate of drug-likeness (QED) is 0.642. The molecule has 0 fully saturated rings. The molecule has 1 aromatic heterocycles. The molecule has 0 saturated carbocycles. The molecule has 68 valence electrons. The minimum atomic E-state index is 0.869. The van der Waals surface area contributed by atoms with E-state index in [1.54, 1.807) is 12.4 Å². The van der Waals surface area contributed by atoms with Crippen LogP contribution in [0.15, 0.2) is 24.5 Å². The van der Waals surface area contributed by atoms with Gasteiger partial charge >= 0.3 is 0 Å². The van der Waals surface area contributed by atoms with Crippen molar-refractivity contribution in [1.29, 1.82) is 0 Å². The van der Waals surface area contributed by atoms with Crippen LogP contribution in [-0.2, 0) is 0 Å². The molecule has 0 radical (unpaired) electrons. The Hall–Kier alpha value is -1.22. The molecule has 2 rings (SSSR count). The van der Waals surface area contributed by atoms with E-state index in [2.05, 4.69) is 28.0 Å². The Bertz CT molecular complexity index is 305. The van der Waals surface area contributed by atoms with Crippen LogP contribution >= 0.6 is 0 Å². The Labute approximate surface area is 78.1 Å². The van der Waals surface area contributed by atoms with Gasteiger partial charge in [0.15, 0.2) is 5.82 Å². The zero-order valence-corrected chi connectivity index (χ0v) is 7.77. The van der Waals surface area contributed by atoms with Crippen LogP contribution in [0.1, 0.15) is 12.2 Å². The Balaban J connectivity index is 2.22. The molecular formula is C10H13N3. The van der Waals surface area contributed by atoms with Crippen molar-refractivity contribution < 1.29 is 0 Å². The molecule has 0 amide bonds. The van der Waals surface area contributed by atoms with Gasteiger partial charge in [0.05, 0.1) is 0 Å². The van der Waals surface area contributed by atoms with Crippen LogP contribution in [-0.4, -0.2) is 35.0 Å². The van der Waals surface area contributed by atoms with Crippen LogP contribution in [0.25, 0.3) is 5.57 Å². The molecule has 0 spiro atoms. The van der Waals surface area contributed by atoms with Gasteiger partial charge in [-0.05, 0) is 19.5 Å². The number of hydrogen-bond donors (Lipinski definition) is 0. The first-order valence-electron chi connectivity index (χ1n) is 4.51. The van der Waals surface area contributed by atoms with Crippen LogP contribution in [0.3, 0.4) is 0 Å². The summed E-state index contributed by atoms with van der Waals surface area (Å²) in [6, 6.07) is 1.84. The van der Waals surface area contributed by atoms with E-state index in [9.17, 15) is 0 Å². The van der Waals surface area contributed by atoms with Crippen molar-refractivity contribution in [2.75, 3.05) is 20.1 Å². The maximum atomic E-state index is 4.23. The van der Waals surface area contributed by atoms with Crippen LogP contribution < -0.4 is 0 Å². The molecule has 0 unspecified atom stereocenters. The van der Waals surface area contributed by atoms with Gasteiger partial charge in [-0.3, -0.25) is 0 Å². The third-order valence-electron chi connectivity index (χ3n) is 2.19. The molecule has 1 aromatic rings. The molecule has 3 heteroatoms. The number of hydrogen-bond acceptors (Lipinski definition) is 3. The lowest BCUT2D eigenvalue weighted by Gasteiger charge is -2.21. The van der Waals surface area contributed by atoms with Crippen molar-refractivity contribution in [2.45, 2.75) is 6.42 Å². The van der Waals surface area contributed by atoms with E-state index in [0.29, 0.717) is 0 Å². The summed E-state index contributed by atoms with van der Waals surface area (Å²) in [4.78, 5) is 10.7. The Kier molecular flexibility index (Phi) is 2.36. The predicted octanol–water partition coefficient (Wildman–Crippen LogP) is 1.20. The first-order valence-corrected chi connectivity index (χ1v) is 4.51. The van der Waals surface area contributed by atoms with Gasteiger partial charge in [0, 0.05) is 31.1 Å². The average molecular weight is 175 g/mol. The summed E-state index contributed by atoms with van der Waals surface area (Å²) in [5, 5.41) is 0. The lowest BCUT2D eigenvalue weighted by atomic mass is 10.1. The highest BCUT2D eigenvalue weighted by Crippen LogP contribution is 2.15. The highest BCUT2D eigenvalue weighted by Gasteiger charge is 2.11. The topological polar surface area (TPSA) is 29.0 Å². The molecule has 2 heterocycles. The van der Waals surface area contributed by atoms with Gasteiger partial charge in [0.1, 0.15) is 0 Å². The normalized spacial score (nSPS) is 18.4. The van der Waals surface area contributed by atoms with Gasteiger partial charge in [-0.25, -0.2) is 9.97 Å². The molecule has 3 nitrogen and oxygen atoms in total. The van der Waals surface area contributed by atoms with E-state index in [4.69, 9.17) is 0 Å². The minimum Gasteiger partial charge on any atom is -0.302 e. The molecule has 0 saturated heterocycles. The number of aromatic nitrogens is 2. The zero-order chi connectivity index (χ0) is 9.10. The molecule has 1 aliphatic rings. The third kappa shape index (κ3) is 1.92. The third-order valence-corrected chi connectivity index (χ3v) is 2.19. The van der Waals surface area contributed by atoms with Crippen molar-refractivity contribution in [3.05, 3.63) is 30.4 Å². The summed E-state index contributed by atoms with van der Waals surface area (Å²) in [5.74, 6) is 0.869. The Morgan fingerprint density at radius 3 is 2.77 bits per heavy atom. The molecule has 0 aromatic carbocycles. The molecular weight excluding hydrogens is 162 g/mol. The molecule has 0 atom stereocenters. The smallest absolute Gasteiger partial charge is 0.155 e. The van der Waals surface area contributed by atoms with Crippen molar-refractivity contribution in [3.63, 3.8) is 0 Å². The van der Waals surface area contributed by atoms with E-state index in [-0.39, 0.29) is 0 Å². The lowest BCUT2D eigenvalue weighted by molar-refractivity contribution is 0.372. The minimum absolute atomic E-state index is 0.869. The van der Waals surface area contributed by atoms with Crippen molar-refractivity contribution in [2.24, 2.45) is 0 Å². The zero-order valence-electron chi connectivity index (χ0n) is 7.77. The average Bonchev–Trinajstić information content (AvgIpc) is 2.19. The first kappa shape index (κ1) is 8.38. The Morgan fingerprint density at radius 2 is 2.08 bits per heavy atom. The van der Waals surface area contributed by atoms with E-state index in [1.807, 2.05) is 6.07 Å². The molecule has 13 heavy (non-hydrogen) atoms. The largest absolute Gasteiger partial charge is 0.302 e. The second-order valence-corrected chi connectivity index (χ2v) is 3.33. The predicted molar refractivity (Wildman–Crippen MR) is 52.1 cm³/mol. The van der Waals surface area contributed by atoms with Crippen LogP contribution in [0.4, 0.5) is 0 Å². The first-order chi connectivity index (χ1) is 6.36. The number of likely N-dealkylation sites (N-methyl/N-ethyl adjacent to an activating group) is 1. The van der Waals surface area contributed by atoms with E-state index < -0.39 is 0 Å². The highest BCUT2D eigenvalue weighted by atomic mass is 15.1. The van der Waals surface area contributed by atoms with Gasteiger partial charge in [0.25, 0.3) is 0 Å². The lowest BCUT2D eigenvalue weighted by Crippen LogP contribution is -2.25. The fraction of sp³-hybridized carbons (Fsp3) is 0.400. The number of nitrogens with zero attached hydrogens (tertiary/aromatic N) is 3. The van der Waals surface area contributed by atoms with Gasteiger partial charge in [-0.15, -0.1) is 0 Å². The summed E-state index contributed by atoms with van der Waals surface area (Å²) in [7, 11) is 2.12. The van der Waals surface area contributed by atoms with Gasteiger partial charge in [-0.2, -0.15) is 0 Å². The second-order valence-electron chi connectivity index (χ2n) is 3.33. The van der Waals surface area contributed by atoms with Crippen molar-refractivity contribution in [1.82, 2.24) is 14.9 Å². The summed E-state index contributed by atoms with van der Waals surface area (Å²) >= 11 is 0. The maximum absolute atomic E-state index is 4.23. The van der Waals surface area contributed by atoms with Crippen molar-refractivity contribution >= 4 is 5.57 Å². The Morgan fingerprint density at radius 1 is 1.31 bits per heavy atom.